The molecule has 0 aliphatic carbocycles. The summed E-state index contributed by atoms with van der Waals surface area (Å²) < 4.78 is 0. The van der Waals surface area contributed by atoms with Gasteiger partial charge in [0, 0.05) is 30.9 Å². The number of nitro benzene ring substituents is 1. The molecule has 0 radical (unpaired) electrons. The summed E-state index contributed by atoms with van der Waals surface area (Å²) in [5.41, 5.74) is 7.94. The Morgan fingerprint density at radius 1 is 1.56 bits per heavy atom. The monoisotopic (exact) mass is 249 g/mol. The van der Waals surface area contributed by atoms with Gasteiger partial charge in [0.2, 0.25) is 0 Å². The molecule has 0 saturated carbocycles. The zero-order valence-corrected chi connectivity index (χ0v) is 10.6. The molecule has 1 aliphatic heterocycles. The molecule has 98 valence electrons. The molecule has 2 N–H and O–H groups in total. The lowest BCUT2D eigenvalue weighted by molar-refractivity contribution is -0.384. The molecule has 1 aromatic rings. The van der Waals surface area contributed by atoms with Gasteiger partial charge in [-0.3, -0.25) is 10.1 Å². The van der Waals surface area contributed by atoms with Crippen molar-refractivity contribution in [3.8, 4) is 0 Å². The Bertz CT molecular complexity index is 448. The highest BCUT2D eigenvalue weighted by Crippen LogP contribution is 2.29. The Kier molecular flexibility index (Phi) is 3.81. The predicted octanol–water partition coefficient (Wildman–Crippen LogP) is 2.08. The van der Waals surface area contributed by atoms with E-state index in [4.69, 9.17) is 5.73 Å². The van der Waals surface area contributed by atoms with Gasteiger partial charge >= 0.3 is 0 Å². The van der Waals surface area contributed by atoms with Gasteiger partial charge in [0.25, 0.3) is 5.69 Å². The van der Waals surface area contributed by atoms with E-state index in [-0.39, 0.29) is 10.6 Å². The molecule has 0 bridgehead atoms. The third kappa shape index (κ3) is 2.61. The molecule has 5 nitrogen and oxygen atoms in total. The minimum atomic E-state index is -0.340. The lowest BCUT2D eigenvalue weighted by Gasteiger charge is -2.34. The van der Waals surface area contributed by atoms with E-state index in [2.05, 4.69) is 4.90 Å². The summed E-state index contributed by atoms with van der Waals surface area (Å²) in [5, 5.41) is 10.8. The van der Waals surface area contributed by atoms with E-state index in [9.17, 15) is 10.1 Å². The first-order valence-corrected chi connectivity index (χ1v) is 6.32. The van der Waals surface area contributed by atoms with Crippen LogP contribution in [0.5, 0.6) is 0 Å². The lowest BCUT2D eigenvalue weighted by Crippen LogP contribution is -2.38. The Morgan fingerprint density at radius 2 is 2.33 bits per heavy atom. The number of hydrogen-bond donors (Lipinski definition) is 1. The number of piperidine rings is 1. The molecule has 1 saturated heterocycles. The lowest BCUT2D eigenvalue weighted by atomic mass is 9.97. The number of nitrogens with zero attached hydrogens (tertiary/aromatic N) is 2. The van der Waals surface area contributed by atoms with Crippen LogP contribution in [0.25, 0.3) is 0 Å². The van der Waals surface area contributed by atoms with Crippen LogP contribution in [-0.4, -0.2) is 24.6 Å². The fraction of sp³-hybridized carbons (Fsp3) is 0.538. The van der Waals surface area contributed by atoms with Crippen molar-refractivity contribution in [3.05, 3.63) is 33.9 Å². The highest BCUT2D eigenvalue weighted by molar-refractivity contribution is 5.59. The summed E-state index contributed by atoms with van der Waals surface area (Å²) in [6.45, 7) is 4.53. The second kappa shape index (κ2) is 5.35. The van der Waals surface area contributed by atoms with Crippen molar-refractivity contribution in [3.63, 3.8) is 0 Å². The van der Waals surface area contributed by atoms with Crippen LogP contribution in [0.4, 0.5) is 11.4 Å². The zero-order chi connectivity index (χ0) is 13.1. The van der Waals surface area contributed by atoms with Crippen molar-refractivity contribution in [2.45, 2.75) is 19.8 Å². The SMILES string of the molecule is Cc1ccc([N+](=O)[O-])cc1N1CCCC(CN)C1. The van der Waals surface area contributed by atoms with Crippen LogP contribution < -0.4 is 10.6 Å². The minimum Gasteiger partial charge on any atom is -0.371 e. The van der Waals surface area contributed by atoms with Gasteiger partial charge in [0.05, 0.1) is 4.92 Å². The maximum absolute atomic E-state index is 10.8. The summed E-state index contributed by atoms with van der Waals surface area (Å²) in [5.74, 6) is 0.498. The van der Waals surface area contributed by atoms with Crippen molar-refractivity contribution in [1.82, 2.24) is 0 Å². The molecular weight excluding hydrogens is 230 g/mol. The van der Waals surface area contributed by atoms with Gasteiger partial charge in [0.1, 0.15) is 0 Å². The average molecular weight is 249 g/mol. The molecular formula is C13H19N3O2. The molecule has 1 aliphatic rings. The molecule has 1 heterocycles. The quantitative estimate of drug-likeness (QED) is 0.657. The highest BCUT2D eigenvalue weighted by atomic mass is 16.6. The Balaban J connectivity index is 2.26. The van der Waals surface area contributed by atoms with Gasteiger partial charge in [-0.2, -0.15) is 0 Å². The van der Waals surface area contributed by atoms with Crippen LogP contribution in [0.3, 0.4) is 0 Å². The number of hydrogen-bond acceptors (Lipinski definition) is 4. The van der Waals surface area contributed by atoms with Crippen LogP contribution in [0.1, 0.15) is 18.4 Å². The Morgan fingerprint density at radius 3 is 3.00 bits per heavy atom. The van der Waals surface area contributed by atoms with Crippen molar-refractivity contribution < 1.29 is 4.92 Å². The van der Waals surface area contributed by atoms with Gasteiger partial charge in [-0.25, -0.2) is 0 Å². The molecule has 18 heavy (non-hydrogen) atoms. The third-order valence-electron chi connectivity index (χ3n) is 3.60. The molecule has 1 atom stereocenters. The summed E-state index contributed by atoms with van der Waals surface area (Å²) >= 11 is 0. The topological polar surface area (TPSA) is 72.4 Å². The van der Waals surface area contributed by atoms with Crippen LogP contribution in [-0.2, 0) is 0 Å². The largest absolute Gasteiger partial charge is 0.371 e. The smallest absolute Gasteiger partial charge is 0.271 e. The molecule has 0 aromatic heterocycles. The fourth-order valence-electron chi connectivity index (χ4n) is 2.53. The number of anilines is 1. The molecule has 1 unspecified atom stereocenters. The van der Waals surface area contributed by atoms with E-state index >= 15 is 0 Å². The third-order valence-corrected chi connectivity index (χ3v) is 3.60. The standard InChI is InChI=1S/C13H19N3O2/c1-10-4-5-12(16(17)18)7-13(10)15-6-2-3-11(8-14)9-15/h4-5,7,11H,2-3,6,8-9,14H2,1H3. The maximum atomic E-state index is 10.8. The molecule has 0 spiro atoms. The summed E-state index contributed by atoms with van der Waals surface area (Å²) in [7, 11) is 0. The average Bonchev–Trinajstić information content (AvgIpc) is 2.39. The Hall–Kier alpha value is -1.62. The second-order valence-corrected chi connectivity index (χ2v) is 4.92. The predicted molar refractivity (Wildman–Crippen MR) is 71.8 cm³/mol. The second-order valence-electron chi connectivity index (χ2n) is 4.92. The van der Waals surface area contributed by atoms with Gasteiger partial charge in [0.15, 0.2) is 0 Å². The van der Waals surface area contributed by atoms with Crippen molar-refractivity contribution >= 4 is 11.4 Å². The summed E-state index contributed by atoms with van der Waals surface area (Å²) in [4.78, 5) is 12.7. The van der Waals surface area contributed by atoms with E-state index in [0.29, 0.717) is 12.5 Å². The van der Waals surface area contributed by atoms with E-state index in [1.807, 2.05) is 13.0 Å². The summed E-state index contributed by atoms with van der Waals surface area (Å²) in [6.07, 6.45) is 2.25. The zero-order valence-electron chi connectivity index (χ0n) is 10.6. The van der Waals surface area contributed by atoms with Gasteiger partial charge in [-0.15, -0.1) is 0 Å². The number of nitrogens with two attached hydrogens (primary N) is 1. The van der Waals surface area contributed by atoms with Crippen LogP contribution in [0.15, 0.2) is 18.2 Å². The van der Waals surface area contributed by atoms with Gasteiger partial charge in [-0.1, -0.05) is 6.07 Å². The number of nitro groups is 1. The molecule has 0 amide bonds. The van der Waals surface area contributed by atoms with Crippen molar-refractivity contribution in [2.75, 3.05) is 24.5 Å². The van der Waals surface area contributed by atoms with E-state index in [1.54, 1.807) is 12.1 Å². The number of rotatable bonds is 3. The first-order chi connectivity index (χ1) is 8.61. The number of non-ortho nitro benzene ring substituents is 1. The Labute approximate surface area is 107 Å². The van der Waals surface area contributed by atoms with Crippen molar-refractivity contribution in [2.24, 2.45) is 11.7 Å². The van der Waals surface area contributed by atoms with Gasteiger partial charge in [-0.05, 0) is 37.8 Å². The van der Waals surface area contributed by atoms with Crippen LogP contribution >= 0.6 is 0 Å². The van der Waals surface area contributed by atoms with Crippen molar-refractivity contribution in [1.29, 1.82) is 0 Å². The van der Waals surface area contributed by atoms with Crippen LogP contribution in [0, 0.1) is 23.0 Å². The first-order valence-electron chi connectivity index (χ1n) is 6.32. The number of benzene rings is 1. The summed E-state index contributed by atoms with van der Waals surface area (Å²) in [6, 6.07) is 5.05. The molecule has 1 fully saturated rings. The van der Waals surface area contributed by atoms with Crippen LogP contribution in [0.2, 0.25) is 0 Å². The van der Waals surface area contributed by atoms with E-state index in [0.717, 1.165) is 37.2 Å². The normalized spacial score (nSPS) is 19.9. The van der Waals surface area contributed by atoms with Gasteiger partial charge < -0.3 is 10.6 Å². The minimum absolute atomic E-state index is 0.158. The molecule has 1 aromatic carbocycles. The first kappa shape index (κ1) is 12.8. The molecule has 5 heteroatoms. The van der Waals surface area contributed by atoms with E-state index < -0.39 is 0 Å². The fourth-order valence-corrected chi connectivity index (χ4v) is 2.53. The maximum Gasteiger partial charge on any atom is 0.271 e. The molecule has 2 rings (SSSR count). The number of aryl methyl sites for hydroxylation is 1. The highest BCUT2D eigenvalue weighted by Gasteiger charge is 2.21. The van der Waals surface area contributed by atoms with E-state index in [1.165, 1.54) is 0 Å².